The second kappa shape index (κ2) is 5.28. The Bertz CT molecular complexity index is 457. The fourth-order valence-corrected chi connectivity index (χ4v) is 2.88. The lowest BCUT2D eigenvalue weighted by molar-refractivity contribution is -0.153. The minimum Gasteiger partial charge on any atom is -0.484 e. The van der Waals surface area contributed by atoms with Crippen molar-refractivity contribution in [2.24, 2.45) is 11.1 Å². The van der Waals surface area contributed by atoms with Crippen LogP contribution in [0.15, 0.2) is 24.3 Å². The average Bonchev–Trinajstić information content (AvgIpc) is 2.41. The first-order chi connectivity index (χ1) is 9.26. The van der Waals surface area contributed by atoms with Gasteiger partial charge >= 0.3 is 6.18 Å². The first kappa shape index (κ1) is 15.2. The van der Waals surface area contributed by atoms with E-state index in [1.54, 1.807) is 12.1 Å². The van der Waals surface area contributed by atoms with Gasteiger partial charge < -0.3 is 10.5 Å². The van der Waals surface area contributed by atoms with E-state index < -0.39 is 12.8 Å². The zero-order valence-corrected chi connectivity index (χ0v) is 11.7. The van der Waals surface area contributed by atoms with Crippen molar-refractivity contribution >= 4 is 0 Å². The summed E-state index contributed by atoms with van der Waals surface area (Å²) in [6, 6.07) is 7.08. The largest absolute Gasteiger partial charge is 0.484 e. The Kier molecular flexibility index (Phi) is 4.00. The molecule has 1 aromatic carbocycles. The van der Waals surface area contributed by atoms with Gasteiger partial charge in [0.25, 0.3) is 0 Å². The lowest BCUT2D eigenvalue weighted by Crippen LogP contribution is -2.54. The van der Waals surface area contributed by atoms with Crippen LogP contribution in [-0.4, -0.2) is 18.8 Å². The Morgan fingerprint density at radius 2 is 1.90 bits per heavy atom. The van der Waals surface area contributed by atoms with Gasteiger partial charge in [0.2, 0.25) is 0 Å². The third kappa shape index (κ3) is 2.92. The normalized spacial score (nSPS) is 29.9. The van der Waals surface area contributed by atoms with Crippen molar-refractivity contribution in [2.75, 3.05) is 6.61 Å². The van der Waals surface area contributed by atoms with Crippen molar-refractivity contribution in [1.29, 1.82) is 0 Å². The number of benzene rings is 1. The highest BCUT2D eigenvalue weighted by Gasteiger charge is 2.48. The molecule has 3 unspecified atom stereocenters. The molecular formula is C15H20F3NO. The molecule has 1 fully saturated rings. The molecule has 0 aromatic heterocycles. The summed E-state index contributed by atoms with van der Waals surface area (Å²) < 4.78 is 40.9. The van der Waals surface area contributed by atoms with Gasteiger partial charge in [0.1, 0.15) is 5.75 Å². The Hall–Kier alpha value is -1.23. The predicted octanol–water partition coefficient (Wildman–Crippen LogP) is 3.86. The van der Waals surface area contributed by atoms with E-state index in [0.29, 0.717) is 5.92 Å². The summed E-state index contributed by atoms with van der Waals surface area (Å²) in [4.78, 5) is 0. The molecule has 0 radical (unpaired) electrons. The molecule has 0 amide bonds. The SMILES string of the molecule is CCC1(C)C(N)CC1c1ccc(OCC(F)(F)F)cc1. The number of rotatable bonds is 4. The van der Waals surface area contributed by atoms with Gasteiger partial charge in [-0.15, -0.1) is 0 Å². The molecule has 1 saturated carbocycles. The van der Waals surface area contributed by atoms with E-state index >= 15 is 0 Å². The van der Waals surface area contributed by atoms with Crippen LogP contribution in [0.5, 0.6) is 5.75 Å². The van der Waals surface area contributed by atoms with E-state index in [9.17, 15) is 13.2 Å². The van der Waals surface area contributed by atoms with Crippen LogP contribution in [0.25, 0.3) is 0 Å². The molecule has 3 atom stereocenters. The Balaban J connectivity index is 2.02. The van der Waals surface area contributed by atoms with E-state index in [1.807, 2.05) is 12.1 Å². The lowest BCUT2D eigenvalue weighted by Gasteiger charge is -2.53. The van der Waals surface area contributed by atoms with Crippen LogP contribution >= 0.6 is 0 Å². The summed E-state index contributed by atoms with van der Waals surface area (Å²) in [6.07, 6.45) is -2.39. The molecule has 0 saturated heterocycles. The van der Waals surface area contributed by atoms with Gasteiger partial charge in [-0.1, -0.05) is 26.0 Å². The van der Waals surface area contributed by atoms with Crippen LogP contribution < -0.4 is 10.5 Å². The molecule has 20 heavy (non-hydrogen) atoms. The Morgan fingerprint density at radius 1 is 1.30 bits per heavy atom. The predicted molar refractivity (Wildman–Crippen MR) is 71.7 cm³/mol. The average molecular weight is 287 g/mol. The second-order valence-corrected chi connectivity index (χ2v) is 5.73. The molecule has 2 N–H and O–H groups in total. The van der Waals surface area contributed by atoms with Gasteiger partial charge in [-0.05, 0) is 41.9 Å². The van der Waals surface area contributed by atoms with E-state index in [1.165, 1.54) is 0 Å². The van der Waals surface area contributed by atoms with Crippen LogP contribution in [0.3, 0.4) is 0 Å². The molecule has 2 rings (SSSR count). The molecule has 5 heteroatoms. The fourth-order valence-electron chi connectivity index (χ4n) is 2.88. The standard InChI is InChI=1S/C15H20F3NO/c1-3-14(2)12(8-13(14)19)10-4-6-11(7-5-10)20-9-15(16,17)18/h4-7,12-13H,3,8-9,19H2,1-2H3. The molecule has 1 aliphatic rings. The van der Waals surface area contributed by atoms with Gasteiger partial charge in [-0.2, -0.15) is 13.2 Å². The number of hydrogen-bond donors (Lipinski definition) is 1. The molecule has 112 valence electrons. The van der Waals surface area contributed by atoms with Crippen molar-refractivity contribution in [3.8, 4) is 5.75 Å². The first-order valence-electron chi connectivity index (χ1n) is 6.81. The van der Waals surface area contributed by atoms with E-state index in [4.69, 9.17) is 10.5 Å². The van der Waals surface area contributed by atoms with Crippen LogP contribution in [0.2, 0.25) is 0 Å². The smallest absolute Gasteiger partial charge is 0.422 e. The number of hydrogen-bond acceptors (Lipinski definition) is 2. The van der Waals surface area contributed by atoms with Crippen LogP contribution in [0.4, 0.5) is 13.2 Å². The molecule has 1 aliphatic carbocycles. The lowest BCUT2D eigenvalue weighted by atomic mass is 9.54. The van der Waals surface area contributed by atoms with Crippen molar-refractivity contribution in [3.63, 3.8) is 0 Å². The summed E-state index contributed by atoms with van der Waals surface area (Å²) in [5, 5.41) is 0. The highest BCUT2D eigenvalue weighted by atomic mass is 19.4. The summed E-state index contributed by atoms with van der Waals surface area (Å²) in [7, 11) is 0. The van der Waals surface area contributed by atoms with E-state index in [2.05, 4.69) is 13.8 Å². The summed E-state index contributed by atoms with van der Waals surface area (Å²) >= 11 is 0. The van der Waals surface area contributed by atoms with Crippen molar-refractivity contribution in [1.82, 2.24) is 0 Å². The zero-order chi connectivity index (χ0) is 15.0. The quantitative estimate of drug-likeness (QED) is 0.912. The summed E-state index contributed by atoms with van der Waals surface area (Å²) in [5.74, 6) is 0.618. The number of nitrogens with two attached hydrogens (primary N) is 1. The van der Waals surface area contributed by atoms with E-state index in [0.717, 1.165) is 18.4 Å². The summed E-state index contributed by atoms with van der Waals surface area (Å²) in [6.45, 7) is 3.03. The summed E-state index contributed by atoms with van der Waals surface area (Å²) in [5.41, 5.74) is 7.27. The molecule has 0 bridgehead atoms. The Morgan fingerprint density at radius 3 is 2.35 bits per heavy atom. The maximum absolute atomic E-state index is 12.1. The third-order valence-corrected chi connectivity index (χ3v) is 4.58. The monoisotopic (exact) mass is 287 g/mol. The fraction of sp³-hybridized carbons (Fsp3) is 0.600. The molecule has 0 aliphatic heterocycles. The van der Waals surface area contributed by atoms with Gasteiger partial charge in [0.05, 0.1) is 0 Å². The Labute approximate surface area is 117 Å². The van der Waals surface area contributed by atoms with Crippen LogP contribution in [0.1, 0.15) is 38.2 Å². The highest BCUT2D eigenvalue weighted by molar-refractivity contribution is 5.33. The van der Waals surface area contributed by atoms with Crippen LogP contribution in [0, 0.1) is 5.41 Å². The maximum atomic E-state index is 12.1. The maximum Gasteiger partial charge on any atom is 0.422 e. The van der Waals surface area contributed by atoms with Gasteiger partial charge in [-0.25, -0.2) is 0 Å². The van der Waals surface area contributed by atoms with Crippen molar-refractivity contribution < 1.29 is 17.9 Å². The molecular weight excluding hydrogens is 267 g/mol. The second-order valence-electron chi connectivity index (χ2n) is 5.73. The first-order valence-corrected chi connectivity index (χ1v) is 6.81. The number of alkyl halides is 3. The third-order valence-electron chi connectivity index (χ3n) is 4.58. The molecule has 0 heterocycles. The van der Waals surface area contributed by atoms with Gasteiger partial charge in [0, 0.05) is 6.04 Å². The zero-order valence-electron chi connectivity index (χ0n) is 11.7. The van der Waals surface area contributed by atoms with Gasteiger partial charge in [-0.3, -0.25) is 0 Å². The number of ether oxygens (including phenoxy) is 1. The highest BCUT2D eigenvalue weighted by Crippen LogP contribution is 2.53. The number of halogens is 3. The van der Waals surface area contributed by atoms with Gasteiger partial charge in [0.15, 0.2) is 6.61 Å². The molecule has 2 nitrogen and oxygen atoms in total. The topological polar surface area (TPSA) is 35.2 Å². The van der Waals surface area contributed by atoms with Crippen molar-refractivity contribution in [2.45, 2.75) is 44.8 Å². The van der Waals surface area contributed by atoms with Crippen LogP contribution in [-0.2, 0) is 0 Å². The van der Waals surface area contributed by atoms with Crippen molar-refractivity contribution in [3.05, 3.63) is 29.8 Å². The molecule has 0 spiro atoms. The molecule has 1 aromatic rings. The van der Waals surface area contributed by atoms with E-state index in [-0.39, 0.29) is 17.2 Å². The minimum atomic E-state index is -4.31. The minimum absolute atomic E-state index is 0.0777.